The monoisotopic (exact) mass is 486 g/mol. The van der Waals surface area contributed by atoms with Crippen molar-refractivity contribution in [3.05, 3.63) is 34.9 Å². The Morgan fingerprint density at radius 1 is 1.17 bits per heavy atom. The minimum absolute atomic E-state index is 0.00736. The summed E-state index contributed by atoms with van der Waals surface area (Å²) in [4.78, 5) is 42.4. The number of hydrogen-bond donors (Lipinski definition) is 2. The second-order valence-corrected chi connectivity index (χ2v) is 8.56. The first kappa shape index (κ1) is 26.6. The van der Waals surface area contributed by atoms with Gasteiger partial charge in [-0.3, -0.25) is 24.2 Å². The molecular formula is C25H34N4O6. The molecule has 190 valence electrons. The van der Waals surface area contributed by atoms with Gasteiger partial charge in [0.05, 0.1) is 20.3 Å². The minimum Gasteiger partial charge on any atom is -0.469 e. The van der Waals surface area contributed by atoms with Crippen molar-refractivity contribution in [1.29, 1.82) is 0 Å². The van der Waals surface area contributed by atoms with E-state index in [1.165, 1.54) is 12.0 Å². The Balaban J connectivity index is 1.51. The quantitative estimate of drug-likeness (QED) is 0.242. The molecule has 1 saturated heterocycles. The van der Waals surface area contributed by atoms with E-state index in [2.05, 4.69) is 26.4 Å². The smallest absolute Gasteiger partial charge is 0.305 e. The average molecular weight is 487 g/mol. The zero-order valence-corrected chi connectivity index (χ0v) is 20.2. The highest BCUT2D eigenvalue weighted by molar-refractivity contribution is 6.01. The summed E-state index contributed by atoms with van der Waals surface area (Å²) in [5, 5.41) is 9.02. The van der Waals surface area contributed by atoms with Crippen LogP contribution in [0.5, 0.6) is 0 Å². The van der Waals surface area contributed by atoms with Crippen molar-refractivity contribution in [1.82, 2.24) is 14.7 Å². The topological polar surface area (TPSA) is 126 Å². The van der Waals surface area contributed by atoms with Gasteiger partial charge in [0.2, 0.25) is 5.91 Å². The number of aliphatic hydroxyl groups is 1. The lowest BCUT2D eigenvalue weighted by Crippen LogP contribution is -2.47. The number of piperazine rings is 1. The van der Waals surface area contributed by atoms with E-state index in [4.69, 9.17) is 15.6 Å². The fourth-order valence-electron chi connectivity index (χ4n) is 4.36. The second kappa shape index (κ2) is 13.2. The maximum Gasteiger partial charge on any atom is 0.305 e. The molecule has 1 aromatic carbocycles. The Bertz CT molecular complexity index is 964. The number of nitrogens with zero attached hydrogens (tertiary/aromatic N) is 3. The molecule has 0 saturated carbocycles. The van der Waals surface area contributed by atoms with E-state index in [1.807, 2.05) is 6.07 Å². The third-order valence-corrected chi connectivity index (χ3v) is 6.38. The number of carbonyl (C=O) groups is 3. The van der Waals surface area contributed by atoms with Crippen molar-refractivity contribution in [2.24, 2.45) is 5.73 Å². The fourth-order valence-corrected chi connectivity index (χ4v) is 4.36. The Morgan fingerprint density at radius 2 is 1.89 bits per heavy atom. The van der Waals surface area contributed by atoms with Crippen LogP contribution in [0.4, 0.5) is 0 Å². The number of esters is 1. The van der Waals surface area contributed by atoms with Crippen LogP contribution in [0.15, 0.2) is 18.2 Å². The highest BCUT2D eigenvalue weighted by Gasteiger charge is 2.36. The summed E-state index contributed by atoms with van der Waals surface area (Å²) >= 11 is 0. The van der Waals surface area contributed by atoms with Crippen molar-refractivity contribution < 1.29 is 29.0 Å². The molecule has 0 bridgehead atoms. The number of fused-ring (bicyclic) bond motifs is 1. The second-order valence-electron chi connectivity index (χ2n) is 8.56. The third kappa shape index (κ3) is 7.26. The lowest BCUT2D eigenvalue weighted by atomic mass is 10.0. The predicted molar refractivity (Wildman–Crippen MR) is 128 cm³/mol. The van der Waals surface area contributed by atoms with E-state index in [1.54, 1.807) is 12.1 Å². The molecule has 0 radical (unpaired) electrons. The summed E-state index contributed by atoms with van der Waals surface area (Å²) in [5.41, 5.74) is 7.48. The molecule has 1 atom stereocenters. The van der Waals surface area contributed by atoms with Gasteiger partial charge in [0.25, 0.3) is 5.91 Å². The van der Waals surface area contributed by atoms with Crippen LogP contribution >= 0.6 is 0 Å². The van der Waals surface area contributed by atoms with Crippen molar-refractivity contribution in [2.45, 2.75) is 25.4 Å². The van der Waals surface area contributed by atoms with Crippen LogP contribution in [-0.2, 0) is 25.6 Å². The Labute approximate surface area is 205 Å². The van der Waals surface area contributed by atoms with Gasteiger partial charge in [-0.05, 0) is 24.1 Å². The molecule has 2 aliphatic rings. The first-order valence-electron chi connectivity index (χ1n) is 11.9. The molecule has 3 rings (SSSR count). The molecule has 0 spiro atoms. The first-order valence-corrected chi connectivity index (χ1v) is 11.9. The highest BCUT2D eigenvalue weighted by Crippen LogP contribution is 2.28. The van der Waals surface area contributed by atoms with Gasteiger partial charge < -0.3 is 25.2 Å². The molecule has 0 aromatic heterocycles. The number of hydrogen-bond acceptors (Lipinski definition) is 8. The highest BCUT2D eigenvalue weighted by atomic mass is 16.5. The number of nitrogens with two attached hydrogens (primary N) is 1. The molecule has 0 aliphatic carbocycles. The third-order valence-electron chi connectivity index (χ3n) is 6.38. The zero-order chi connectivity index (χ0) is 25.2. The van der Waals surface area contributed by atoms with E-state index in [-0.39, 0.29) is 38.5 Å². The standard InChI is InChI=1S/C25H34N4O6/c1-34-23(31)8-7-22(24(26)32)29-18-21-19(4-2-6-20(21)25(29)33)5-3-16-35-17-14-28-11-9-27(10-12-28)13-15-30/h2,4,6,22,30H,7-18H2,1H3,(H2,26,32). The van der Waals surface area contributed by atoms with Gasteiger partial charge in [-0.1, -0.05) is 17.9 Å². The van der Waals surface area contributed by atoms with E-state index in [0.717, 1.165) is 44.8 Å². The molecule has 2 amide bonds. The minimum atomic E-state index is -0.899. The molecule has 10 heteroatoms. The van der Waals surface area contributed by atoms with Crippen LogP contribution in [0, 0.1) is 11.8 Å². The lowest BCUT2D eigenvalue weighted by Gasteiger charge is -2.34. The average Bonchev–Trinajstić information content (AvgIpc) is 3.19. The number of methoxy groups -OCH3 is 1. The predicted octanol–water partition coefficient (Wildman–Crippen LogP) is -0.572. The van der Waals surface area contributed by atoms with Crippen molar-refractivity contribution in [3.8, 4) is 11.8 Å². The molecule has 35 heavy (non-hydrogen) atoms. The van der Waals surface area contributed by atoms with E-state index < -0.39 is 17.9 Å². The fraction of sp³-hybridized carbons (Fsp3) is 0.560. The molecular weight excluding hydrogens is 452 g/mol. The zero-order valence-electron chi connectivity index (χ0n) is 20.2. The number of benzene rings is 1. The molecule has 1 unspecified atom stereocenters. The van der Waals surface area contributed by atoms with E-state index in [9.17, 15) is 14.4 Å². The van der Waals surface area contributed by atoms with E-state index in [0.29, 0.717) is 17.7 Å². The number of β-amino-alcohol motifs (C(OH)–C–C–N with tert-alkyl or cyclic N) is 1. The summed E-state index contributed by atoms with van der Waals surface area (Å²) in [6.07, 6.45) is 0.0969. The van der Waals surface area contributed by atoms with Crippen LogP contribution in [-0.4, -0.2) is 110 Å². The van der Waals surface area contributed by atoms with Crippen LogP contribution in [0.3, 0.4) is 0 Å². The Morgan fingerprint density at radius 3 is 2.54 bits per heavy atom. The number of aliphatic hydroxyl groups excluding tert-OH is 1. The summed E-state index contributed by atoms with van der Waals surface area (Å²) in [6, 6.07) is 4.40. The molecule has 2 aliphatic heterocycles. The normalized spacial score (nSPS) is 17.0. The molecule has 10 nitrogen and oxygen atoms in total. The molecule has 2 heterocycles. The number of rotatable bonds is 11. The Hall–Kier alpha value is -2.97. The first-order chi connectivity index (χ1) is 16.9. The van der Waals surface area contributed by atoms with E-state index >= 15 is 0 Å². The van der Waals surface area contributed by atoms with Gasteiger partial charge in [0.1, 0.15) is 12.6 Å². The van der Waals surface area contributed by atoms with Crippen molar-refractivity contribution >= 4 is 17.8 Å². The van der Waals surface area contributed by atoms with Gasteiger partial charge in [-0.15, -0.1) is 0 Å². The largest absolute Gasteiger partial charge is 0.469 e. The van der Waals surface area contributed by atoms with Gasteiger partial charge >= 0.3 is 5.97 Å². The molecule has 3 N–H and O–H groups in total. The van der Waals surface area contributed by atoms with Gasteiger partial charge in [0.15, 0.2) is 0 Å². The maximum absolute atomic E-state index is 12.9. The number of amides is 2. The Kier molecular flexibility index (Phi) is 10.0. The number of primary amides is 1. The summed E-state index contributed by atoms with van der Waals surface area (Å²) in [5.74, 6) is 4.67. The lowest BCUT2D eigenvalue weighted by molar-refractivity contribution is -0.141. The SMILES string of the molecule is COC(=O)CCC(C(N)=O)N1Cc2c(C#CCOCCN3CCN(CCO)CC3)cccc2C1=O. The van der Waals surface area contributed by atoms with Gasteiger partial charge in [0, 0.05) is 63.4 Å². The summed E-state index contributed by atoms with van der Waals surface area (Å²) in [7, 11) is 1.27. The van der Waals surface area contributed by atoms with Gasteiger partial charge in [-0.25, -0.2) is 0 Å². The van der Waals surface area contributed by atoms with Crippen LogP contribution < -0.4 is 5.73 Å². The van der Waals surface area contributed by atoms with Crippen LogP contribution in [0.25, 0.3) is 0 Å². The summed E-state index contributed by atoms with van der Waals surface area (Å²) in [6.45, 7) is 6.63. The number of ether oxygens (including phenoxy) is 2. The van der Waals surface area contributed by atoms with Gasteiger partial charge in [-0.2, -0.15) is 0 Å². The number of carbonyl (C=O) groups excluding carboxylic acids is 3. The summed E-state index contributed by atoms with van der Waals surface area (Å²) < 4.78 is 10.3. The maximum atomic E-state index is 12.9. The van der Waals surface area contributed by atoms with Crippen molar-refractivity contribution in [2.75, 3.05) is 66.2 Å². The molecule has 1 fully saturated rings. The van der Waals surface area contributed by atoms with Crippen LogP contribution in [0.2, 0.25) is 0 Å². The van der Waals surface area contributed by atoms with Crippen molar-refractivity contribution in [3.63, 3.8) is 0 Å². The van der Waals surface area contributed by atoms with Crippen LogP contribution in [0.1, 0.15) is 34.3 Å². The molecule has 1 aromatic rings.